The molecule has 4 aromatic rings. The van der Waals surface area contributed by atoms with Gasteiger partial charge in [-0.1, -0.05) is 34.1 Å². The molecule has 0 fully saturated rings. The molecular weight excluding hydrogens is 352 g/mol. The zero-order chi connectivity index (χ0) is 18.3. The van der Waals surface area contributed by atoms with E-state index in [0.717, 1.165) is 22.4 Å². The van der Waals surface area contributed by atoms with Gasteiger partial charge in [-0.15, -0.1) is 5.10 Å². The summed E-state index contributed by atoms with van der Waals surface area (Å²) in [5, 5.41) is 12.9. The Hall–Kier alpha value is -3.19. The zero-order valence-electron chi connectivity index (χ0n) is 14.1. The first-order valence-electron chi connectivity index (χ1n) is 7.92. The summed E-state index contributed by atoms with van der Waals surface area (Å²) in [6.45, 7) is 3.99. The van der Waals surface area contributed by atoms with Crippen LogP contribution in [0.1, 0.15) is 11.1 Å². The van der Waals surface area contributed by atoms with Crippen LogP contribution in [0.4, 0.5) is 5.82 Å². The van der Waals surface area contributed by atoms with Crippen LogP contribution in [0.25, 0.3) is 28.7 Å². The van der Waals surface area contributed by atoms with Crippen molar-refractivity contribution in [1.82, 2.24) is 25.1 Å². The molecule has 0 aliphatic rings. The van der Waals surface area contributed by atoms with Gasteiger partial charge in [-0.25, -0.2) is 0 Å². The maximum absolute atomic E-state index is 6.25. The minimum absolute atomic E-state index is 0.212. The summed E-state index contributed by atoms with van der Waals surface area (Å²) in [7, 11) is 0. The van der Waals surface area contributed by atoms with E-state index in [1.165, 1.54) is 0 Å². The highest BCUT2D eigenvalue weighted by Crippen LogP contribution is 2.28. The van der Waals surface area contributed by atoms with E-state index >= 15 is 0 Å². The van der Waals surface area contributed by atoms with Crippen molar-refractivity contribution in [3.63, 3.8) is 0 Å². The van der Waals surface area contributed by atoms with Gasteiger partial charge in [0.1, 0.15) is 0 Å². The number of benzene rings is 2. The SMILES string of the molecule is Cc1ccc(C)c(-n2nnc(-c3nc(-c4ccc(Cl)cc4)no3)c2N)c1. The summed E-state index contributed by atoms with van der Waals surface area (Å²) < 4.78 is 6.90. The molecule has 8 heteroatoms. The van der Waals surface area contributed by atoms with Crippen LogP contribution in [-0.2, 0) is 0 Å². The summed E-state index contributed by atoms with van der Waals surface area (Å²) in [5.41, 5.74) is 10.4. The highest BCUT2D eigenvalue weighted by molar-refractivity contribution is 6.30. The summed E-state index contributed by atoms with van der Waals surface area (Å²) in [6.07, 6.45) is 0. The third kappa shape index (κ3) is 2.82. The van der Waals surface area contributed by atoms with E-state index in [2.05, 4.69) is 20.5 Å². The molecule has 2 aromatic carbocycles. The fourth-order valence-electron chi connectivity index (χ4n) is 2.60. The minimum Gasteiger partial charge on any atom is -0.382 e. The molecule has 0 atom stereocenters. The first-order chi connectivity index (χ1) is 12.5. The Morgan fingerprint density at radius 3 is 2.62 bits per heavy atom. The molecule has 26 heavy (non-hydrogen) atoms. The molecule has 0 amide bonds. The maximum Gasteiger partial charge on any atom is 0.282 e. The molecule has 130 valence electrons. The topological polar surface area (TPSA) is 95.6 Å². The van der Waals surface area contributed by atoms with Crippen LogP contribution >= 0.6 is 11.6 Å². The van der Waals surface area contributed by atoms with Crippen LogP contribution in [0.5, 0.6) is 0 Å². The number of halogens is 1. The van der Waals surface area contributed by atoms with Crippen LogP contribution in [0, 0.1) is 13.8 Å². The predicted octanol–water partition coefficient (Wildman–Crippen LogP) is 3.84. The maximum atomic E-state index is 6.25. The van der Waals surface area contributed by atoms with E-state index in [4.69, 9.17) is 21.9 Å². The van der Waals surface area contributed by atoms with Gasteiger partial charge in [0.15, 0.2) is 11.5 Å². The van der Waals surface area contributed by atoms with Gasteiger partial charge in [0.05, 0.1) is 5.69 Å². The number of anilines is 1. The fraction of sp³-hybridized carbons (Fsp3) is 0.111. The molecule has 2 heterocycles. The van der Waals surface area contributed by atoms with E-state index in [0.29, 0.717) is 22.4 Å². The molecule has 2 N–H and O–H groups in total. The number of nitrogens with zero attached hydrogens (tertiary/aromatic N) is 5. The number of hydrogen-bond acceptors (Lipinski definition) is 6. The number of nitrogen functional groups attached to an aromatic ring is 1. The number of aromatic nitrogens is 5. The van der Waals surface area contributed by atoms with Gasteiger partial charge in [0, 0.05) is 10.6 Å². The van der Waals surface area contributed by atoms with Crippen LogP contribution in [0.2, 0.25) is 5.02 Å². The Morgan fingerprint density at radius 1 is 1.08 bits per heavy atom. The van der Waals surface area contributed by atoms with Crippen molar-refractivity contribution in [1.29, 1.82) is 0 Å². The third-order valence-corrected chi connectivity index (χ3v) is 4.28. The number of rotatable bonds is 3. The Balaban J connectivity index is 1.73. The van der Waals surface area contributed by atoms with Crippen molar-refractivity contribution >= 4 is 17.4 Å². The Morgan fingerprint density at radius 2 is 1.85 bits per heavy atom. The Kier molecular flexibility index (Phi) is 3.93. The van der Waals surface area contributed by atoms with Crippen LogP contribution < -0.4 is 5.73 Å². The zero-order valence-corrected chi connectivity index (χ0v) is 14.9. The van der Waals surface area contributed by atoms with E-state index in [1.807, 2.05) is 44.2 Å². The number of nitrogens with two attached hydrogens (primary N) is 1. The van der Waals surface area contributed by atoms with Crippen LogP contribution in [-0.4, -0.2) is 25.1 Å². The first-order valence-corrected chi connectivity index (χ1v) is 8.29. The normalized spacial score (nSPS) is 11.0. The highest BCUT2D eigenvalue weighted by atomic mass is 35.5. The van der Waals surface area contributed by atoms with Gasteiger partial charge in [-0.05, 0) is 55.3 Å². The van der Waals surface area contributed by atoms with Gasteiger partial charge < -0.3 is 10.3 Å². The van der Waals surface area contributed by atoms with Crippen molar-refractivity contribution in [2.24, 2.45) is 0 Å². The fourth-order valence-corrected chi connectivity index (χ4v) is 2.73. The molecule has 2 aromatic heterocycles. The summed E-state index contributed by atoms with van der Waals surface area (Å²) in [6, 6.07) is 13.2. The molecule has 0 radical (unpaired) electrons. The summed E-state index contributed by atoms with van der Waals surface area (Å²) in [4.78, 5) is 4.37. The number of aryl methyl sites for hydroxylation is 2. The molecule has 0 bridgehead atoms. The van der Waals surface area contributed by atoms with Gasteiger partial charge in [0.25, 0.3) is 5.89 Å². The summed E-state index contributed by atoms with van der Waals surface area (Å²) >= 11 is 5.90. The van der Waals surface area contributed by atoms with Crippen molar-refractivity contribution in [2.75, 3.05) is 5.73 Å². The van der Waals surface area contributed by atoms with Crippen molar-refractivity contribution in [3.8, 4) is 28.7 Å². The summed E-state index contributed by atoms with van der Waals surface area (Å²) in [5.74, 6) is 0.978. The minimum atomic E-state index is 0.212. The number of hydrogen-bond donors (Lipinski definition) is 1. The predicted molar refractivity (Wildman–Crippen MR) is 99.0 cm³/mol. The first kappa shape index (κ1) is 16.3. The third-order valence-electron chi connectivity index (χ3n) is 4.03. The molecule has 0 aliphatic heterocycles. The smallest absolute Gasteiger partial charge is 0.282 e. The van der Waals surface area contributed by atoms with Gasteiger partial charge in [-0.2, -0.15) is 9.67 Å². The lowest BCUT2D eigenvalue weighted by atomic mass is 10.1. The lowest BCUT2D eigenvalue weighted by Crippen LogP contribution is -2.04. The average Bonchev–Trinajstić information content (AvgIpc) is 3.24. The van der Waals surface area contributed by atoms with E-state index in [9.17, 15) is 0 Å². The Labute approximate surface area is 154 Å². The van der Waals surface area contributed by atoms with E-state index < -0.39 is 0 Å². The van der Waals surface area contributed by atoms with E-state index in [1.54, 1.807) is 16.8 Å². The molecule has 0 saturated carbocycles. The molecule has 0 spiro atoms. The van der Waals surface area contributed by atoms with E-state index in [-0.39, 0.29) is 5.89 Å². The van der Waals surface area contributed by atoms with Crippen molar-refractivity contribution in [2.45, 2.75) is 13.8 Å². The molecule has 0 saturated heterocycles. The highest BCUT2D eigenvalue weighted by Gasteiger charge is 2.20. The molecule has 4 rings (SSSR count). The van der Waals surface area contributed by atoms with Crippen molar-refractivity contribution < 1.29 is 4.52 Å². The van der Waals surface area contributed by atoms with Gasteiger partial charge in [-0.3, -0.25) is 0 Å². The van der Waals surface area contributed by atoms with Crippen LogP contribution in [0.3, 0.4) is 0 Å². The second-order valence-corrected chi connectivity index (χ2v) is 6.39. The monoisotopic (exact) mass is 366 g/mol. The van der Waals surface area contributed by atoms with Crippen molar-refractivity contribution in [3.05, 3.63) is 58.6 Å². The Bertz CT molecular complexity index is 1080. The second-order valence-electron chi connectivity index (χ2n) is 5.96. The van der Waals surface area contributed by atoms with Gasteiger partial charge >= 0.3 is 0 Å². The lowest BCUT2D eigenvalue weighted by Gasteiger charge is -2.07. The second kappa shape index (κ2) is 6.27. The molecule has 0 aliphatic carbocycles. The molecular formula is C18H15ClN6O. The molecule has 7 nitrogen and oxygen atoms in total. The largest absolute Gasteiger partial charge is 0.382 e. The van der Waals surface area contributed by atoms with Gasteiger partial charge in [0.2, 0.25) is 5.82 Å². The standard InChI is InChI=1S/C18H15ClN6O/c1-10-3-4-11(2)14(9-10)25-16(20)15(22-24-25)18-21-17(23-26-18)12-5-7-13(19)8-6-12/h3-9H,20H2,1-2H3. The molecule has 0 unspecified atom stereocenters. The lowest BCUT2D eigenvalue weighted by molar-refractivity contribution is 0.431. The van der Waals surface area contributed by atoms with Crippen LogP contribution in [0.15, 0.2) is 47.0 Å². The average molecular weight is 367 g/mol. The quantitative estimate of drug-likeness (QED) is 0.591.